The number of benzene rings is 5. The molecule has 0 saturated heterocycles. The normalized spacial score (nSPS) is 12.6. The molecule has 0 aliphatic heterocycles. The fraction of sp³-hybridized carbons (Fsp3) is 0.0417. The molecule has 0 N–H and O–H groups in total. The van der Waals surface area contributed by atoms with Crippen molar-refractivity contribution in [3.63, 3.8) is 0 Å². The smallest absolute Gasteiger partial charge is 0.135 e. The van der Waals surface area contributed by atoms with Gasteiger partial charge in [0.2, 0.25) is 0 Å². The van der Waals surface area contributed by atoms with Crippen LogP contribution < -0.4 is 10.4 Å². The molecule has 0 unspecified atom stereocenters. The molecule has 7 aromatic rings. The van der Waals surface area contributed by atoms with Gasteiger partial charge in [-0.25, -0.2) is 0 Å². The van der Waals surface area contributed by atoms with Gasteiger partial charge in [0.1, 0.15) is 16.9 Å². The van der Waals surface area contributed by atoms with Gasteiger partial charge in [-0.2, -0.15) is 0 Å². The van der Waals surface area contributed by atoms with Crippen LogP contribution in [0.5, 0.6) is 0 Å². The molecule has 0 atom stereocenters. The minimum absolute atomic E-state index is 0.791. The first kappa shape index (κ1) is 30.9. The van der Waals surface area contributed by atoms with Crippen LogP contribution in [0.1, 0.15) is 24.2 Å². The fourth-order valence-electron chi connectivity index (χ4n) is 7.21. The maximum absolute atomic E-state index is 6.22. The second-order valence-corrected chi connectivity index (χ2v) is 12.5. The van der Waals surface area contributed by atoms with Gasteiger partial charge in [0, 0.05) is 10.8 Å². The zero-order chi connectivity index (χ0) is 34.0. The van der Waals surface area contributed by atoms with Crippen molar-refractivity contribution in [1.82, 2.24) is 0 Å². The van der Waals surface area contributed by atoms with E-state index in [4.69, 9.17) is 8.83 Å². The molecule has 0 spiro atoms. The third kappa shape index (κ3) is 5.61. The van der Waals surface area contributed by atoms with Crippen LogP contribution in [0, 0.1) is 0 Å². The molecular formula is C48H36O2. The van der Waals surface area contributed by atoms with Crippen LogP contribution in [0.4, 0.5) is 0 Å². The monoisotopic (exact) mass is 644 g/mol. The Labute approximate surface area is 291 Å². The van der Waals surface area contributed by atoms with Gasteiger partial charge in [0.05, 0.1) is 6.26 Å². The Hall–Kier alpha value is -6.38. The summed E-state index contributed by atoms with van der Waals surface area (Å²) in [5.74, 6) is 0.791. The van der Waals surface area contributed by atoms with E-state index in [1.54, 1.807) is 18.4 Å². The van der Waals surface area contributed by atoms with Crippen LogP contribution in [-0.2, 0) is 0 Å². The fourth-order valence-corrected chi connectivity index (χ4v) is 7.21. The largest absolute Gasteiger partial charge is 0.464 e. The lowest BCUT2D eigenvalue weighted by Gasteiger charge is -2.18. The van der Waals surface area contributed by atoms with Crippen LogP contribution in [0.3, 0.4) is 0 Å². The van der Waals surface area contributed by atoms with Gasteiger partial charge in [-0.3, -0.25) is 0 Å². The average molecular weight is 645 g/mol. The quantitative estimate of drug-likeness (QED) is 0.161. The van der Waals surface area contributed by atoms with E-state index in [0.717, 1.165) is 68.0 Å². The van der Waals surface area contributed by atoms with Gasteiger partial charge >= 0.3 is 0 Å². The van der Waals surface area contributed by atoms with Crippen molar-refractivity contribution in [2.75, 3.05) is 0 Å². The van der Waals surface area contributed by atoms with Crippen molar-refractivity contribution in [2.45, 2.75) is 12.8 Å². The van der Waals surface area contributed by atoms with E-state index in [1.807, 2.05) is 30.4 Å². The van der Waals surface area contributed by atoms with E-state index >= 15 is 0 Å². The Morgan fingerprint density at radius 3 is 2.24 bits per heavy atom. The van der Waals surface area contributed by atoms with Crippen LogP contribution in [0.15, 0.2) is 168 Å². The number of rotatable bonds is 7. The molecule has 1 aliphatic carbocycles. The maximum atomic E-state index is 6.22. The van der Waals surface area contributed by atoms with E-state index in [0.29, 0.717) is 0 Å². The standard InChI is InChI=1S/C48H36O2/c1-4-6-14-32(3)47-39-19-8-10-21-41(39)48(42-22-11-9-20-40(42)47)37-16-12-15-34(28-37)33-17-13-27-49-46-31-43-35(29-36(46)24-23-33)25-26-45-44(43)30-38(50-45)18-7-5-2/h4-8,10,12-31H,1-3,9,11H2/b14-6-,18-7-,24-23?,27-13?,33-17?. The van der Waals surface area contributed by atoms with Gasteiger partial charge in [0.25, 0.3) is 0 Å². The number of fused-ring (bicyclic) bond motifs is 6. The topological polar surface area (TPSA) is 26.3 Å². The second-order valence-electron chi connectivity index (χ2n) is 12.5. The van der Waals surface area contributed by atoms with Crippen molar-refractivity contribution < 1.29 is 8.83 Å². The molecule has 0 fully saturated rings. The molecule has 2 heteroatoms. The molecule has 50 heavy (non-hydrogen) atoms. The summed E-state index contributed by atoms with van der Waals surface area (Å²) in [6.07, 6.45) is 19.9. The first-order valence-electron chi connectivity index (χ1n) is 17.0. The highest BCUT2D eigenvalue weighted by Crippen LogP contribution is 2.34. The molecule has 0 amide bonds. The first-order chi connectivity index (χ1) is 24.6. The lowest BCUT2D eigenvalue weighted by atomic mass is 9.86. The van der Waals surface area contributed by atoms with Crippen molar-refractivity contribution in [2.24, 2.45) is 0 Å². The SMILES string of the molecule is C=C/C=C\C(=C)c1c2c(c(-c3cccc(-c4cccoc5cc6c(ccc7oc(/C=C\C=C)cc76)cc5cc4)c3)c3ccccc13)=CCCC=2. The Balaban J connectivity index is 1.28. The van der Waals surface area contributed by atoms with Crippen LogP contribution in [0.2, 0.25) is 0 Å². The Morgan fingerprint density at radius 1 is 0.600 bits per heavy atom. The maximum Gasteiger partial charge on any atom is 0.135 e. The molecule has 1 aliphatic rings. The molecule has 5 aromatic carbocycles. The summed E-state index contributed by atoms with van der Waals surface area (Å²) >= 11 is 0. The van der Waals surface area contributed by atoms with E-state index in [-0.39, 0.29) is 0 Å². The third-order valence-corrected chi connectivity index (χ3v) is 9.45. The van der Waals surface area contributed by atoms with Crippen molar-refractivity contribution in [1.29, 1.82) is 0 Å². The van der Waals surface area contributed by atoms with E-state index in [9.17, 15) is 0 Å². The molecule has 0 bridgehead atoms. The number of hydrogen-bond donors (Lipinski definition) is 0. The zero-order valence-electron chi connectivity index (χ0n) is 27.9. The second kappa shape index (κ2) is 13.3. The van der Waals surface area contributed by atoms with Crippen LogP contribution in [-0.4, -0.2) is 0 Å². The lowest BCUT2D eigenvalue weighted by molar-refractivity contribution is 0.604. The molecule has 0 saturated carbocycles. The highest BCUT2D eigenvalue weighted by atomic mass is 16.3. The predicted octanol–water partition coefficient (Wildman–Crippen LogP) is 12.3. The summed E-state index contributed by atoms with van der Waals surface area (Å²) in [5.41, 5.74) is 8.49. The summed E-state index contributed by atoms with van der Waals surface area (Å²) in [4.78, 5) is 0. The summed E-state index contributed by atoms with van der Waals surface area (Å²) in [6.45, 7) is 12.1. The van der Waals surface area contributed by atoms with Crippen LogP contribution >= 0.6 is 0 Å². The van der Waals surface area contributed by atoms with Gasteiger partial charge in [-0.1, -0.05) is 129 Å². The van der Waals surface area contributed by atoms with Crippen molar-refractivity contribution in [3.05, 3.63) is 181 Å². The summed E-state index contributed by atoms with van der Waals surface area (Å²) in [6, 6.07) is 36.5. The molecule has 2 aromatic heterocycles. The minimum Gasteiger partial charge on any atom is -0.464 e. The predicted molar refractivity (Wildman–Crippen MR) is 215 cm³/mol. The molecule has 2 heterocycles. The van der Waals surface area contributed by atoms with Crippen molar-refractivity contribution in [3.8, 4) is 22.3 Å². The van der Waals surface area contributed by atoms with Gasteiger partial charge in [0.15, 0.2) is 0 Å². The lowest BCUT2D eigenvalue weighted by Crippen LogP contribution is -2.32. The Bertz CT molecular complexity index is 2760. The molecule has 8 rings (SSSR count). The molecular weight excluding hydrogens is 609 g/mol. The van der Waals surface area contributed by atoms with E-state index < -0.39 is 0 Å². The zero-order valence-corrected chi connectivity index (χ0v) is 27.9. The average Bonchev–Trinajstić information content (AvgIpc) is 3.61. The number of hydrogen-bond acceptors (Lipinski definition) is 2. The summed E-state index contributed by atoms with van der Waals surface area (Å²) in [7, 11) is 0. The van der Waals surface area contributed by atoms with E-state index in [2.05, 4.69) is 129 Å². The van der Waals surface area contributed by atoms with Gasteiger partial charge in [-0.15, -0.1) is 0 Å². The molecule has 240 valence electrons. The molecule has 2 nitrogen and oxygen atoms in total. The highest BCUT2D eigenvalue weighted by Gasteiger charge is 2.16. The highest BCUT2D eigenvalue weighted by molar-refractivity contribution is 6.10. The summed E-state index contributed by atoms with van der Waals surface area (Å²) in [5, 5.41) is 9.23. The molecule has 0 radical (unpaired) electrons. The third-order valence-electron chi connectivity index (χ3n) is 9.45. The minimum atomic E-state index is 0.791. The first-order valence-corrected chi connectivity index (χ1v) is 17.0. The Morgan fingerprint density at radius 2 is 1.38 bits per heavy atom. The van der Waals surface area contributed by atoms with Crippen LogP contribution in [0.25, 0.3) is 89.5 Å². The van der Waals surface area contributed by atoms with Gasteiger partial charge < -0.3 is 8.83 Å². The van der Waals surface area contributed by atoms with Gasteiger partial charge in [-0.05, 0) is 121 Å². The van der Waals surface area contributed by atoms with E-state index in [1.165, 1.54) is 37.9 Å². The number of allylic oxidation sites excluding steroid dienone is 6. The summed E-state index contributed by atoms with van der Waals surface area (Å²) < 4.78 is 12.3. The van der Waals surface area contributed by atoms with Crippen molar-refractivity contribution >= 4 is 67.3 Å². The Kier molecular flexibility index (Phi) is 8.20. The number of furan rings is 1.